The molecule has 20 heavy (non-hydrogen) atoms. The van der Waals surface area contributed by atoms with E-state index < -0.39 is 10.8 Å². The molecule has 0 radical (unpaired) electrons. The molecular formula is C14H14ClNO2S2. The van der Waals surface area contributed by atoms with Gasteiger partial charge in [0.1, 0.15) is 0 Å². The van der Waals surface area contributed by atoms with Crippen LogP contribution in [0, 0.1) is 0 Å². The SMILES string of the molecule is CS(=O)CC(NC(=O)c1ccc(Cl)s1)c1ccccc1. The largest absolute Gasteiger partial charge is 0.344 e. The standard InChI is InChI=1S/C14H14ClNO2S2/c1-20(18)9-11(10-5-3-2-4-6-10)16-14(17)12-7-8-13(15)19-12/h2-8,11H,9H2,1H3,(H,16,17). The Hall–Kier alpha value is -1.17. The predicted molar refractivity (Wildman–Crippen MR) is 84.9 cm³/mol. The topological polar surface area (TPSA) is 46.2 Å². The second-order valence-corrected chi connectivity index (χ2v) is 7.48. The average Bonchev–Trinajstić information content (AvgIpc) is 2.85. The Bertz CT molecular complexity index is 613. The molecule has 1 amide bonds. The summed E-state index contributed by atoms with van der Waals surface area (Å²) in [5, 5.41) is 2.91. The van der Waals surface area contributed by atoms with Crippen LogP contribution in [0.2, 0.25) is 4.34 Å². The van der Waals surface area contributed by atoms with Gasteiger partial charge in [-0.15, -0.1) is 11.3 Å². The van der Waals surface area contributed by atoms with Crippen molar-refractivity contribution < 1.29 is 9.00 Å². The smallest absolute Gasteiger partial charge is 0.261 e. The molecule has 0 saturated heterocycles. The van der Waals surface area contributed by atoms with Crippen molar-refractivity contribution in [2.45, 2.75) is 6.04 Å². The van der Waals surface area contributed by atoms with Gasteiger partial charge in [0.05, 0.1) is 15.3 Å². The van der Waals surface area contributed by atoms with Gasteiger partial charge in [-0.3, -0.25) is 9.00 Å². The maximum atomic E-state index is 12.2. The highest BCUT2D eigenvalue weighted by molar-refractivity contribution is 7.84. The minimum absolute atomic E-state index is 0.193. The Morgan fingerprint density at radius 1 is 1.30 bits per heavy atom. The minimum atomic E-state index is -1.00. The van der Waals surface area contributed by atoms with Gasteiger partial charge < -0.3 is 5.32 Å². The second kappa shape index (κ2) is 7.02. The number of hydrogen-bond acceptors (Lipinski definition) is 3. The van der Waals surface area contributed by atoms with Crippen molar-refractivity contribution in [3.05, 3.63) is 57.2 Å². The molecule has 2 atom stereocenters. The third kappa shape index (κ3) is 4.16. The summed E-state index contributed by atoms with van der Waals surface area (Å²) < 4.78 is 12.1. The first-order valence-corrected chi connectivity index (χ1v) is 8.89. The number of benzene rings is 1. The van der Waals surface area contributed by atoms with Gasteiger partial charge >= 0.3 is 0 Å². The molecule has 6 heteroatoms. The molecule has 0 saturated carbocycles. The van der Waals surface area contributed by atoms with E-state index in [4.69, 9.17) is 11.6 Å². The quantitative estimate of drug-likeness (QED) is 0.916. The van der Waals surface area contributed by atoms with Crippen molar-refractivity contribution in [1.82, 2.24) is 5.32 Å². The number of halogens is 1. The lowest BCUT2D eigenvalue weighted by Gasteiger charge is -2.17. The van der Waals surface area contributed by atoms with Crippen molar-refractivity contribution in [2.24, 2.45) is 0 Å². The molecule has 0 aliphatic heterocycles. The molecule has 2 unspecified atom stereocenters. The first kappa shape index (κ1) is 15.2. The Balaban J connectivity index is 2.16. The third-order valence-corrected chi connectivity index (χ3v) is 4.74. The number of amides is 1. The van der Waals surface area contributed by atoms with Crippen molar-refractivity contribution in [2.75, 3.05) is 12.0 Å². The molecule has 0 fully saturated rings. The number of carbonyl (C=O) groups is 1. The van der Waals surface area contributed by atoms with Crippen LogP contribution in [0.3, 0.4) is 0 Å². The lowest BCUT2D eigenvalue weighted by molar-refractivity contribution is 0.0944. The highest BCUT2D eigenvalue weighted by atomic mass is 35.5. The normalized spacial score (nSPS) is 13.7. The lowest BCUT2D eigenvalue weighted by atomic mass is 10.1. The van der Waals surface area contributed by atoms with Crippen LogP contribution in [-0.2, 0) is 10.8 Å². The van der Waals surface area contributed by atoms with Gasteiger partial charge in [-0.05, 0) is 17.7 Å². The number of nitrogens with one attached hydrogen (secondary N) is 1. The van der Waals surface area contributed by atoms with E-state index in [2.05, 4.69) is 5.32 Å². The molecule has 2 aromatic rings. The maximum Gasteiger partial charge on any atom is 0.261 e. The molecule has 3 nitrogen and oxygen atoms in total. The Morgan fingerprint density at radius 3 is 2.55 bits per heavy atom. The highest BCUT2D eigenvalue weighted by Crippen LogP contribution is 2.22. The molecule has 106 valence electrons. The van der Waals surface area contributed by atoms with Gasteiger partial charge in [0.15, 0.2) is 0 Å². The molecule has 0 spiro atoms. The molecule has 1 aromatic heterocycles. The van der Waals surface area contributed by atoms with Crippen LogP contribution in [0.25, 0.3) is 0 Å². The monoisotopic (exact) mass is 327 g/mol. The van der Waals surface area contributed by atoms with Crippen LogP contribution in [0.1, 0.15) is 21.3 Å². The van der Waals surface area contributed by atoms with E-state index in [0.717, 1.165) is 5.56 Å². The molecule has 1 N–H and O–H groups in total. The van der Waals surface area contributed by atoms with E-state index in [1.165, 1.54) is 11.3 Å². The molecular weight excluding hydrogens is 314 g/mol. The molecule has 0 bridgehead atoms. The van der Waals surface area contributed by atoms with Crippen LogP contribution in [0.4, 0.5) is 0 Å². The summed E-state index contributed by atoms with van der Waals surface area (Å²) >= 11 is 7.06. The van der Waals surface area contributed by atoms with Crippen molar-refractivity contribution in [3.8, 4) is 0 Å². The summed E-state index contributed by atoms with van der Waals surface area (Å²) in [6.07, 6.45) is 1.63. The molecule has 2 rings (SSSR count). The molecule has 1 aromatic carbocycles. The summed E-state index contributed by atoms with van der Waals surface area (Å²) in [6, 6.07) is 12.6. The first-order chi connectivity index (χ1) is 9.56. The maximum absolute atomic E-state index is 12.2. The average molecular weight is 328 g/mol. The van der Waals surface area contributed by atoms with Crippen LogP contribution < -0.4 is 5.32 Å². The number of hydrogen-bond donors (Lipinski definition) is 1. The Kier molecular flexibility index (Phi) is 5.34. The van der Waals surface area contributed by atoms with E-state index in [0.29, 0.717) is 15.0 Å². The number of rotatable bonds is 5. The fraction of sp³-hybridized carbons (Fsp3) is 0.214. The zero-order valence-electron chi connectivity index (χ0n) is 10.8. The van der Waals surface area contributed by atoms with E-state index in [1.807, 2.05) is 30.3 Å². The van der Waals surface area contributed by atoms with Crippen LogP contribution >= 0.6 is 22.9 Å². The molecule has 1 heterocycles. The van der Waals surface area contributed by atoms with E-state index in [-0.39, 0.29) is 11.9 Å². The second-order valence-electron chi connectivity index (χ2n) is 4.28. The Morgan fingerprint density at radius 2 is 2.00 bits per heavy atom. The van der Waals surface area contributed by atoms with Crippen LogP contribution in [0.15, 0.2) is 42.5 Å². The van der Waals surface area contributed by atoms with Gasteiger partial charge in [0.25, 0.3) is 5.91 Å². The zero-order valence-corrected chi connectivity index (χ0v) is 13.2. The lowest BCUT2D eigenvalue weighted by Crippen LogP contribution is -2.31. The minimum Gasteiger partial charge on any atom is -0.344 e. The van der Waals surface area contributed by atoms with Gasteiger partial charge in [0, 0.05) is 22.8 Å². The van der Waals surface area contributed by atoms with Crippen molar-refractivity contribution in [1.29, 1.82) is 0 Å². The Labute approximate surface area is 129 Å². The van der Waals surface area contributed by atoms with Crippen molar-refractivity contribution in [3.63, 3.8) is 0 Å². The summed E-state index contributed by atoms with van der Waals surface area (Å²) in [4.78, 5) is 12.7. The van der Waals surface area contributed by atoms with E-state index >= 15 is 0 Å². The first-order valence-electron chi connectivity index (χ1n) is 5.97. The van der Waals surface area contributed by atoms with E-state index in [9.17, 15) is 9.00 Å². The van der Waals surface area contributed by atoms with Gasteiger partial charge in [-0.25, -0.2) is 0 Å². The zero-order chi connectivity index (χ0) is 14.5. The highest BCUT2D eigenvalue weighted by Gasteiger charge is 2.18. The number of carbonyl (C=O) groups excluding carboxylic acids is 1. The van der Waals surface area contributed by atoms with Crippen LogP contribution in [0.5, 0.6) is 0 Å². The summed E-state index contributed by atoms with van der Waals surface area (Å²) in [7, 11) is -1.00. The third-order valence-electron chi connectivity index (χ3n) is 2.71. The summed E-state index contributed by atoms with van der Waals surface area (Å²) in [5.74, 6) is 0.190. The van der Waals surface area contributed by atoms with E-state index in [1.54, 1.807) is 18.4 Å². The summed E-state index contributed by atoms with van der Waals surface area (Å²) in [5.41, 5.74) is 0.943. The number of thiophene rings is 1. The van der Waals surface area contributed by atoms with Gasteiger partial charge in [-0.2, -0.15) is 0 Å². The van der Waals surface area contributed by atoms with Crippen LogP contribution in [-0.4, -0.2) is 22.1 Å². The molecule has 0 aliphatic carbocycles. The predicted octanol–water partition coefficient (Wildman–Crippen LogP) is 3.25. The van der Waals surface area contributed by atoms with Gasteiger partial charge in [-0.1, -0.05) is 41.9 Å². The molecule has 0 aliphatic rings. The van der Waals surface area contributed by atoms with Gasteiger partial charge in [0.2, 0.25) is 0 Å². The van der Waals surface area contributed by atoms with Crippen molar-refractivity contribution >= 4 is 39.6 Å². The fourth-order valence-corrected chi connectivity index (χ4v) is 3.50. The fourth-order valence-electron chi connectivity index (χ4n) is 1.81. The summed E-state index contributed by atoms with van der Waals surface area (Å²) in [6.45, 7) is 0.